The number of halogens is 1. The molecule has 5 rings (SSSR count). The van der Waals surface area contributed by atoms with E-state index in [4.69, 9.17) is 19.6 Å². The highest BCUT2D eigenvalue weighted by Crippen LogP contribution is 2.43. The number of hydrazine groups is 1. The van der Waals surface area contributed by atoms with Gasteiger partial charge in [0.25, 0.3) is 5.91 Å². The molecule has 0 saturated carbocycles. The number of ether oxygens (including phenoxy) is 2. The molecule has 4 aromatic rings. The first-order valence-corrected chi connectivity index (χ1v) is 14.0. The predicted octanol–water partition coefficient (Wildman–Crippen LogP) is 5.20. The Kier molecular flexibility index (Phi) is 9.59. The summed E-state index contributed by atoms with van der Waals surface area (Å²) < 4.78 is 25.1. The summed E-state index contributed by atoms with van der Waals surface area (Å²) in [5, 5.41) is 9.02. The van der Waals surface area contributed by atoms with Gasteiger partial charge in [-0.25, -0.2) is 14.8 Å². The van der Waals surface area contributed by atoms with Crippen LogP contribution < -0.4 is 15.6 Å². The lowest BCUT2D eigenvalue weighted by atomic mass is 9.82. The van der Waals surface area contributed by atoms with Crippen LogP contribution in [0.2, 0.25) is 0 Å². The minimum Gasteiger partial charge on any atom is -0.494 e. The van der Waals surface area contributed by atoms with E-state index in [1.54, 1.807) is 0 Å². The van der Waals surface area contributed by atoms with Crippen LogP contribution in [0.4, 0.5) is 4.39 Å². The molecule has 42 heavy (non-hydrogen) atoms. The lowest BCUT2D eigenvalue weighted by Crippen LogP contribution is -2.54. The summed E-state index contributed by atoms with van der Waals surface area (Å²) in [4.78, 5) is 19.0. The van der Waals surface area contributed by atoms with Crippen LogP contribution in [0, 0.1) is 0 Å². The van der Waals surface area contributed by atoms with E-state index in [0.29, 0.717) is 30.2 Å². The quantitative estimate of drug-likeness (QED) is 0.153. The normalized spacial score (nSPS) is 17.8. The average molecular weight is 568 g/mol. The number of aliphatic imine (C=N–C) groups is 1. The van der Waals surface area contributed by atoms with Crippen molar-refractivity contribution in [3.05, 3.63) is 126 Å². The third-order valence-electron chi connectivity index (χ3n) is 7.09. The van der Waals surface area contributed by atoms with Crippen LogP contribution in [0.15, 0.2) is 114 Å². The number of nitrogens with zero attached hydrogens (tertiary/aromatic N) is 1. The first-order valence-electron chi connectivity index (χ1n) is 14.0. The second-order valence-electron chi connectivity index (χ2n) is 10.0. The summed E-state index contributed by atoms with van der Waals surface area (Å²) in [5.74, 6) is 0.559. The minimum atomic E-state index is -1.38. The molecule has 0 unspecified atom stereocenters. The molecule has 0 radical (unpaired) electrons. The van der Waals surface area contributed by atoms with Crippen molar-refractivity contribution in [2.75, 3.05) is 26.4 Å². The molecule has 7 nitrogen and oxygen atoms in total. The van der Waals surface area contributed by atoms with E-state index >= 15 is 0 Å². The smallest absolute Gasteiger partial charge is 0.266 e. The Hall–Kier alpha value is -4.53. The molecule has 8 heteroatoms. The molecular formula is C34H34FN3O4. The summed E-state index contributed by atoms with van der Waals surface area (Å²) in [6.07, 6.45) is 0.0364. The van der Waals surface area contributed by atoms with Crippen molar-refractivity contribution < 1.29 is 23.8 Å². The fourth-order valence-electron chi connectivity index (χ4n) is 4.97. The molecular weight excluding hydrogens is 533 g/mol. The van der Waals surface area contributed by atoms with Crippen molar-refractivity contribution in [1.29, 1.82) is 0 Å². The fraction of sp³-hybridized carbons (Fsp3) is 0.235. The van der Waals surface area contributed by atoms with Gasteiger partial charge < -0.3 is 14.6 Å². The molecule has 0 aromatic heterocycles. The standard InChI is InChI=1S/C34H34FN3O4/c35-20-21-36-38-33(40)34(24-25-8-3-1-4-9-25)31(28-14-12-27(13-15-28)26-10-5-2-6-11-26)42-32(37-34)29-16-18-30(19-17-29)41-23-7-22-39/h1-6,8-19,31,36,39H,7,20-24H2,(H,38,40)/t31-,34-/m0/s1. The summed E-state index contributed by atoms with van der Waals surface area (Å²) in [6, 6.07) is 34.9. The Morgan fingerprint density at radius 2 is 1.52 bits per heavy atom. The molecule has 1 amide bonds. The van der Waals surface area contributed by atoms with Gasteiger partial charge in [-0.05, 0) is 46.5 Å². The molecule has 0 spiro atoms. The van der Waals surface area contributed by atoms with Crippen molar-refractivity contribution >= 4 is 11.8 Å². The number of aliphatic hydroxyl groups is 1. The maximum absolute atomic E-state index is 14.0. The third kappa shape index (κ3) is 6.67. The number of rotatable bonds is 13. The Morgan fingerprint density at radius 1 is 0.881 bits per heavy atom. The van der Waals surface area contributed by atoms with Gasteiger partial charge in [-0.1, -0.05) is 84.9 Å². The Bertz CT molecular complexity index is 1460. The monoisotopic (exact) mass is 567 g/mol. The Morgan fingerprint density at radius 3 is 2.19 bits per heavy atom. The topological polar surface area (TPSA) is 92.2 Å². The van der Waals surface area contributed by atoms with Gasteiger partial charge in [0.2, 0.25) is 5.90 Å². The lowest BCUT2D eigenvalue weighted by Gasteiger charge is -2.31. The highest BCUT2D eigenvalue weighted by atomic mass is 19.1. The van der Waals surface area contributed by atoms with Crippen molar-refractivity contribution in [3.8, 4) is 16.9 Å². The number of nitrogens with one attached hydrogen (secondary N) is 2. The Labute approximate surface area is 245 Å². The number of amides is 1. The lowest BCUT2D eigenvalue weighted by molar-refractivity contribution is -0.130. The number of carbonyl (C=O) groups is 1. The molecule has 4 aromatic carbocycles. The van der Waals surface area contributed by atoms with Crippen LogP contribution in [-0.2, 0) is 16.0 Å². The maximum Gasteiger partial charge on any atom is 0.266 e. The van der Waals surface area contributed by atoms with Crippen molar-refractivity contribution in [2.24, 2.45) is 4.99 Å². The average Bonchev–Trinajstić information content (AvgIpc) is 3.43. The molecule has 1 aliphatic rings. The van der Waals surface area contributed by atoms with Crippen LogP contribution in [0.5, 0.6) is 5.75 Å². The zero-order valence-corrected chi connectivity index (χ0v) is 23.2. The van der Waals surface area contributed by atoms with Gasteiger partial charge in [0.1, 0.15) is 12.4 Å². The first kappa shape index (κ1) is 29.0. The van der Waals surface area contributed by atoms with E-state index in [-0.39, 0.29) is 19.6 Å². The molecule has 2 atom stereocenters. The molecule has 1 heterocycles. The molecule has 0 aliphatic carbocycles. The summed E-state index contributed by atoms with van der Waals surface area (Å²) in [5.41, 5.74) is 8.48. The zero-order chi connectivity index (χ0) is 29.2. The molecule has 216 valence electrons. The van der Waals surface area contributed by atoms with Gasteiger partial charge in [0.15, 0.2) is 11.6 Å². The SMILES string of the molecule is O=C(NNCCF)[C@@]1(Cc2ccccc2)N=C(c2ccc(OCCCO)cc2)O[C@H]1c1ccc(-c2ccccc2)cc1. The van der Waals surface area contributed by atoms with E-state index in [0.717, 1.165) is 22.3 Å². The van der Waals surface area contributed by atoms with Gasteiger partial charge >= 0.3 is 0 Å². The predicted molar refractivity (Wildman–Crippen MR) is 161 cm³/mol. The number of carbonyl (C=O) groups excluding carboxylic acids is 1. The van der Waals surface area contributed by atoms with Crippen LogP contribution in [0.25, 0.3) is 11.1 Å². The first-order chi connectivity index (χ1) is 20.6. The third-order valence-corrected chi connectivity index (χ3v) is 7.09. The highest BCUT2D eigenvalue weighted by molar-refractivity contribution is 6.01. The van der Waals surface area contributed by atoms with E-state index in [1.165, 1.54) is 0 Å². The van der Waals surface area contributed by atoms with Gasteiger partial charge in [-0.15, -0.1) is 0 Å². The zero-order valence-electron chi connectivity index (χ0n) is 23.2. The molecule has 1 aliphatic heterocycles. The second kappa shape index (κ2) is 13.9. The number of hydrogen-bond donors (Lipinski definition) is 3. The molecule has 0 bridgehead atoms. The summed E-state index contributed by atoms with van der Waals surface area (Å²) >= 11 is 0. The van der Waals surface area contributed by atoms with E-state index in [9.17, 15) is 9.18 Å². The van der Waals surface area contributed by atoms with Crippen LogP contribution in [-0.4, -0.2) is 48.9 Å². The van der Waals surface area contributed by atoms with Crippen LogP contribution >= 0.6 is 0 Å². The van der Waals surface area contributed by atoms with E-state index in [2.05, 4.69) is 10.9 Å². The second-order valence-corrected chi connectivity index (χ2v) is 10.0. The number of hydrogen-bond acceptors (Lipinski definition) is 6. The van der Waals surface area contributed by atoms with Crippen molar-refractivity contribution in [3.63, 3.8) is 0 Å². The minimum absolute atomic E-state index is 0.0290. The number of aliphatic hydroxyl groups excluding tert-OH is 1. The molecule has 0 fully saturated rings. The van der Waals surface area contributed by atoms with Crippen molar-refractivity contribution in [1.82, 2.24) is 10.9 Å². The number of benzene rings is 4. The molecule has 0 saturated heterocycles. The Balaban J connectivity index is 1.53. The summed E-state index contributed by atoms with van der Waals surface area (Å²) in [7, 11) is 0. The van der Waals surface area contributed by atoms with E-state index in [1.807, 2.05) is 109 Å². The summed E-state index contributed by atoms with van der Waals surface area (Å²) in [6.45, 7) is -0.199. The maximum atomic E-state index is 14.0. The van der Waals surface area contributed by atoms with Gasteiger partial charge in [-0.3, -0.25) is 10.2 Å². The van der Waals surface area contributed by atoms with Crippen LogP contribution in [0.1, 0.15) is 29.2 Å². The fourth-order valence-corrected chi connectivity index (χ4v) is 4.97. The highest BCUT2D eigenvalue weighted by Gasteiger charge is 2.53. The number of alkyl halides is 1. The van der Waals surface area contributed by atoms with Gasteiger partial charge in [-0.2, -0.15) is 0 Å². The van der Waals surface area contributed by atoms with Crippen LogP contribution in [0.3, 0.4) is 0 Å². The van der Waals surface area contributed by atoms with Crippen molar-refractivity contribution in [2.45, 2.75) is 24.5 Å². The van der Waals surface area contributed by atoms with Gasteiger partial charge in [0, 0.05) is 31.6 Å². The largest absolute Gasteiger partial charge is 0.494 e. The van der Waals surface area contributed by atoms with Gasteiger partial charge in [0.05, 0.1) is 6.61 Å². The van der Waals surface area contributed by atoms with E-state index < -0.39 is 24.2 Å². The molecule has 3 N–H and O–H groups in total.